The molecule has 1 aromatic heterocycles. The summed E-state index contributed by atoms with van der Waals surface area (Å²) in [6.07, 6.45) is 1.68. The fraction of sp³-hybridized carbons (Fsp3) is 0.429. The van der Waals surface area contributed by atoms with Crippen molar-refractivity contribution in [3.05, 3.63) is 12.3 Å². The molecule has 0 saturated carbocycles. The number of hydrogen-bond acceptors (Lipinski definition) is 7. The second-order valence-electron chi connectivity index (χ2n) is 2.74. The molecule has 0 unspecified atom stereocenters. The predicted molar refractivity (Wildman–Crippen MR) is 55.6 cm³/mol. The highest BCUT2D eigenvalue weighted by Crippen LogP contribution is 2.02. The third kappa shape index (κ3) is 7.41. The summed E-state index contributed by atoms with van der Waals surface area (Å²) in [4.78, 5) is 9.71. The number of rotatable bonds is 2. The van der Waals surface area contributed by atoms with Crippen molar-refractivity contribution in [2.24, 2.45) is 11.7 Å². The van der Waals surface area contributed by atoms with Gasteiger partial charge in [-0.25, -0.2) is 16.5 Å². The largest absolute Gasteiger partial charge is 0.474 e. The summed E-state index contributed by atoms with van der Waals surface area (Å²) >= 11 is 0. The maximum Gasteiger partial charge on any atom is 0.343 e. The van der Waals surface area contributed by atoms with E-state index >= 15 is 0 Å². The van der Waals surface area contributed by atoms with Gasteiger partial charge in [0.25, 0.3) is 0 Å². The van der Waals surface area contributed by atoms with Crippen LogP contribution in [0.5, 0.6) is 5.88 Å². The van der Waals surface area contributed by atoms with Crippen LogP contribution in [0.15, 0.2) is 12.3 Å². The van der Waals surface area contributed by atoms with Gasteiger partial charge < -0.3 is 4.74 Å². The summed E-state index contributed by atoms with van der Waals surface area (Å²) in [7, 11) is 0. The van der Waals surface area contributed by atoms with Gasteiger partial charge in [-0.15, -0.1) is 5.10 Å². The normalized spacial score (nSPS) is 8.81. The van der Waals surface area contributed by atoms with E-state index in [1.807, 2.05) is 13.8 Å². The van der Waals surface area contributed by atoms with Gasteiger partial charge in [0.15, 0.2) is 0 Å². The molecule has 0 aromatic carbocycles. The number of nitrogens with one attached hydrogen (secondary N) is 2. The van der Waals surface area contributed by atoms with Gasteiger partial charge in [-0.1, -0.05) is 5.10 Å². The van der Waals surface area contributed by atoms with Crippen LogP contribution in [0.1, 0.15) is 13.8 Å². The molecule has 1 aromatic rings. The third-order valence-electron chi connectivity index (χ3n) is 1.10. The van der Waals surface area contributed by atoms with Crippen LogP contribution in [0.2, 0.25) is 0 Å². The second kappa shape index (κ2) is 8.32. The van der Waals surface area contributed by atoms with Crippen molar-refractivity contribution in [2.75, 3.05) is 0 Å². The topological polar surface area (TPSA) is 141 Å². The first-order valence-electron chi connectivity index (χ1n) is 4.38. The Hall–Kier alpha value is -2.00. The van der Waals surface area contributed by atoms with E-state index in [0.29, 0.717) is 5.88 Å². The number of urea groups is 1. The Morgan fingerprint density at radius 3 is 2.38 bits per heavy atom. The number of amides is 2. The van der Waals surface area contributed by atoms with Crippen LogP contribution in [-0.4, -0.2) is 27.5 Å². The van der Waals surface area contributed by atoms with Crippen LogP contribution in [0, 0.1) is 0 Å². The number of nitrogens with two attached hydrogens (primary N) is 2. The average Bonchev–Trinajstić information content (AvgIpc) is 2.29. The highest BCUT2D eigenvalue weighted by atomic mass is 16.5. The molecular weight excluding hydrogens is 214 g/mol. The summed E-state index contributed by atoms with van der Waals surface area (Å²) < 4.78 is 5.20. The minimum Gasteiger partial charge on any atom is -0.474 e. The Morgan fingerprint density at radius 2 is 2.06 bits per heavy atom. The predicted octanol–water partition coefficient (Wildman–Crippen LogP) is -1.31. The Morgan fingerprint density at radius 1 is 1.44 bits per heavy atom. The van der Waals surface area contributed by atoms with Crippen molar-refractivity contribution >= 4 is 6.03 Å². The quantitative estimate of drug-likeness (QED) is 0.280. The summed E-state index contributed by atoms with van der Waals surface area (Å²) in [5, 5.41) is 10.6. The van der Waals surface area contributed by atoms with Crippen LogP contribution < -0.4 is 27.3 Å². The number of hydrogen-bond donors (Lipinski definition) is 4. The van der Waals surface area contributed by atoms with Crippen LogP contribution in [0.3, 0.4) is 0 Å². The smallest absolute Gasteiger partial charge is 0.343 e. The molecule has 0 fully saturated rings. The van der Waals surface area contributed by atoms with Gasteiger partial charge in [0, 0.05) is 6.07 Å². The molecule has 9 nitrogen and oxygen atoms in total. The molecule has 0 radical (unpaired) electrons. The molecule has 9 heteroatoms. The SMILES string of the molecule is CC(C)Oc1ccnnn1.NNC(=O)NN. The zero-order valence-corrected chi connectivity index (χ0v) is 9.04. The van der Waals surface area contributed by atoms with E-state index in [0.717, 1.165) is 0 Å². The second-order valence-corrected chi connectivity index (χ2v) is 2.74. The summed E-state index contributed by atoms with van der Waals surface area (Å²) in [5.41, 5.74) is 3.48. The Labute approximate surface area is 92.5 Å². The molecule has 0 aliphatic carbocycles. The van der Waals surface area contributed by atoms with E-state index in [2.05, 4.69) is 27.1 Å². The maximum absolute atomic E-state index is 9.71. The Kier molecular flexibility index (Phi) is 7.28. The van der Waals surface area contributed by atoms with Crippen LogP contribution in [0.4, 0.5) is 4.79 Å². The van der Waals surface area contributed by atoms with Crippen molar-refractivity contribution in [1.29, 1.82) is 0 Å². The van der Waals surface area contributed by atoms with Crippen LogP contribution >= 0.6 is 0 Å². The lowest BCUT2D eigenvalue weighted by molar-refractivity contribution is 0.228. The summed E-state index contributed by atoms with van der Waals surface area (Å²) in [6.45, 7) is 3.87. The van der Waals surface area contributed by atoms with Gasteiger partial charge in [-0.05, 0) is 19.1 Å². The average molecular weight is 229 g/mol. The molecular formula is C7H15N7O2. The van der Waals surface area contributed by atoms with Crippen molar-refractivity contribution < 1.29 is 9.53 Å². The first kappa shape index (κ1) is 14.0. The van der Waals surface area contributed by atoms with E-state index in [4.69, 9.17) is 4.74 Å². The zero-order valence-electron chi connectivity index (χ0n) is 9.04. The van der Waals surface area contributed by atoms with Crippen molar-refractivity contribution in [3.8, 4) is 5.88 Å². The molecule has 0 atom stereocenters. The summed E-state index contributed by atoms with van der Waals surface area (Å²) in [5.74, 6) is 9.60. The lowest BCUT2D eigenvalue weighted by atomic mass is 10.5. The number of hydrazine groups is 2. The highest BCUT2D eigenvalue weighted by Gasteiger charge is 1.96. The Balaban J connectivity index is 0.000000325. The maximum atomic E-state index is 9.71. The molecule has 2 amide bonds. The van der Waals surface area contributed by atoms with Gasteiger partial charge in [0.05, 0.1) is 12.3 Å². The molecule has 0 aliphatic heterocycles. The minimum absolute atomic E-state index is 0.136. The van der Waals surface area contributed by atoms with Crippen molar-refractivity contribution in [3.63, 3.8) is 0 Å². The molecule has 16 heavy (non-hydrogen) atoms. The minimum atomic E-state index is -0.602. The van der Waals surface area contributed by atoms with Gasteiger partial charge in [0.2, 0.25) is 5.88 Å². The third-order valence-corrected chi connectivity index (χ3v) is 1.10. The van der Waals surface area contributed by atoms with E-state index in [1.54, 1.807) is 23.1 Å². The van der Waals surface area contributed by atoms with Gasteiger partial charge in [-0.3, -0.25) is 10.9 Å². The number of carbonyl (C=O) groups is 1. The number of aromatic nitrogens is 3. The first-order chi connectivity index (χ1) is 7.60. The van der Waals surface area contributed by atoms with Crippen molar-refractivity contribution in [1.82, 2.24) is 26.3 Å². The first-order valence-corrected chi connectivity index (χ1v) is 4.38. The van der Waals surface area contributed by atoms with E-state index in [9.17, 15) is 4.79 Å². The summed E-state index contributed by atoms with van der Waals surface area (Å²) in [6, 6.07) is 1.07. The van der Waals surface area contributed by atoms with E-state index in [1.165, 1.54) is 0 Å². The number of ether oxygens (including phenoxy) is 1. The van der Waals surface area contributed by atoms with Crippen LogP contribution in [0.25, 0.3) is 0 Å². The lowest BCUT2D eigenvalue weighted by Gasteiger charge is -2.05. The standard InChI is InChI=1S/C6H9N3O.CH6N4O/c1-5(2)10-6-3-4-7-9-8-6;2-4-1(6)5-3/h3-5H,1-2H3;2-3H2,(H2,4,5,6). The molecule has 0 saturated heterocycles. The molecule has 6 N–H and O–H groups in total. The van der Waals surface area contributed by atoms with E-state index in [-0.39, 0.29) is 6.10 Å². The molecule has 1 heterocycles. The van der Waals surface area contributed by atoms with Crippen molar-refractivity contribution in [2.45, 2.75) is 20.0 Å². The molecule has 0 bridgehead atoms. The fourth-order valence-electron chi connectivity index (χ4n) is 0.576. The zero-order chi connectivity index (χ0) is 12.4. The molecule has 1 rings (SSSR count). The lowest BCUT2D eigenvalue weighted by Crippen LogP contribution is -2.43. The number of carbonyl (C=O) groups excluding carboxylic acids is 1. The fourth-order valence-corrected chi connectivity index (χ4v) is 0.576. The van der Waals surface area contributed by atoms with Gasteiger partial charge in [0.1, 0.15) is 0 Å². The molecule has 90 valence electrons. The van der Waals surface area contributed by atoms with Gasteiger partial charge >= 0.3 is 6.03 Å². The molecule has 0 spiro atoms. The van der Waals surface area contributed by atoms with Crippen LogP contribution in [-0.2, 0) is 0 Å². The Bertz CT molecular complexity index is 286. The highest BCUT2D eigenvalue weighted by molar-refractivity contribution is 5.72. The van der Waals surface area contributed by atoms with Gasteiger partial charge in [-0.2, -0.15) is 0 Å². The number of nitrogens with zero attached hydrogens (tertiary/aromatic N) is 3. The van der Waals surface area contributed by atoms with E-state index < -0.39 is 6.03 Å². The molecule has 0 aliphatic rings. The monoisotopic (exact) mass is 229 g/mol.